The van der Waals surface area contributed by atoms with Crippen molar-refractivity contribution in [1.82, 2.24) is 10.9 Å². The molecule has 0 bridgehead atoms. The molecule has 0 aliphatic heterocycles. The molecule has 4 nitrogen and oxygen atoms in total. The molecule has 0 atom stereocenters. The van der Waals surface area contributed by atoms with Crippen LogP contribution in [0.1, 0.15) is 43.0 Å². The molecule has 1 aliphatic rings. The molecule has 2 N–H and O–H groups in total. The lowest BCUT2D eigenvalue weighted by Crippen LogP contribution is -2.37. The fraction of sp³-hybridized carbons (Fsp3) is 0.400. The first kappa shape index (κ1) is 13.5. The van der Waals surface area contributed by atoms with Crippen molar-refractivity contribution >= 4 is 5.91 Å². The van der Waals surface area contributed by atoms with Crippen LogP contribution in [0, 0.1) is 0 Å². The fourth-order valence-corrected chi connectivity index (χ4v) is 2.03. The normalized spacial score (nSPS) is 14.5. The molecule has 19 heavy (non-hydrogen) atoms. The van der Waals surface area contributed by atoms with Gasteiger partial charge in [0.1, 0.15) is 5.75 Å². The summed E-state index contributed by atoms with van der Waals surface area (Å²) in [4.78, 5) is 11.9. The van der Waals surface area contributed by atoms with Crippen molar-refractivity contribution in [2.45, 2.75) is 32.6 Å². The highest BCUT2D eigenvalue weighted by Gasteiger charge is 2.07. The maximum absolute atomic E-state index is 11.9. The molecule has 0 aromatic heterocycles. The van der Waals surface area contributed by atoms with Crippen LogP contribution in [0.3, 0.4) is 0 Å². The van der Waals surface area contributed by atoms with Crippen LogP contribution in [0.5, 0.6) is 5.75 Å². The standard InChI is InChI=1S/C15H20N2O2/c1-2-19-14-10-8-12(9-11-14)15(18)17-16-13-6-4-3-5-7-13/h6,8-11,16H,2-5,7H2,1H3,(H,17,18). The highest BCUT2D eigenvalue weighted by atomic mass is 16.5. The minimum Gasteiger partial charge on any atom is -0.494 e. The van der Waals surface area contributed by atoms with E-state index in [1.54, 1.807) is 24.3 Å². The highest BCUT2D eigenvalue weighted by Crippen LogP contribution is 2.14. The van der Waals surface area contributed by atoms with Crippen molar-refractivity contribution < 1.29 is 9.53 Å². The summed E-state index contributed by atoms with van der Waals surface area (Å²) in [6.07, 6.45) is 6.64. The quantitative estimate of drug-likeness (QED) is 0.800. The molecule has 1 aromatic carbocycles. The van der Waals surface area contributed by atoms with E-state index < -0.39 is 0 Å². The molecule has 1 aliphatic carbocycles. The molecule has 1 aromatic rings. The van der Waals surface area contributed by atoms with Gasteiger partial charge in [0.05, 0.1) is 6.61 Å². The van der Waals surface area contributed by atoms with Crippen LogP contribution < -0.4 is 15.6 Å². The van der Waals surface area contributed by atoms with Gasteiger partial charge in [-0.25, -0.2) is 0 Å². The van der Waals surface area contributed by atoms with E-state index in [1.165, 1.54) is 12.8 Å². The monoisotopic (exact) mass is 260 g/mol. The van der Waals surface area contributed by atoms with E-state index in [2.05, 4.69) is 16.9 Å². The summed E-state index contributed by atoms with van der Waals surface area (Å²) in [5, 5.41) is 0. The van der Waals surface area contributed by atoms with Crippen LogP contribution in [0.15, 0.2) is 36.0 Å². The van der Waals surface area contributed by atoms with E-state index in [0.29, 0.717) is 12.2 Å². The fourth-order valence-electron chi connectivity index (χ4n) is 2.03. The Morgan fingerprint density at radius 1 is 1.26 bits per heavy atom. The van der Waals surface area contributed by atoms with Gasteiger partial charge in [-0.3, -0.25) is 10.2 Å². The van der Waals surface area contributed by atoms with Crippen molar-refractivity contribution in [2.24, 2.45) is 0 Å². The summed E-state index contributed by atoms with van der Waals surface area (Å²) in [5.74, 6) is 0.650. The Hall–Kier alpha value is -1.97. The zero-order valence-corrected chi connectivity index (χ0v) is 11.2. The van der Waals surface area contributed by atoms with Gasteiger partial charge in [-0.1, -0.05) is 6.08 Å². The third-order valence-electron chi connectivity index (χ3n) is 3.06. The summed E-state index contributed by atoms with van der Waals surface area (Å²) in [6.45, 7) is 2.56. The largest absolute Gasteiger partial charge is 0.494 e. The first-order valence-corrected chi connectivity index (χ1v) is 6.78. The second-order valence-corrected chi connectivity index (χ2v) is 4.51. The Morgan fingerprint density at radius 2 is 2.05 bits per heavy atom. The van der Waals surface area contributed by atoms with Crippen molar-refractivity contribution in [3.05, 3.63) is 41.6 Å². The average Bonchev–Trinajstić information content (AvgIpc) is 2.47. The molecule has 0 saturated carbocycles. The first-order valence-electron chi connectivity index (χ1n) is 6.78. The second kappa shape index (κ2) is 6.83. The Morgan fingerprint density at radius 3 is 2.68 bits per heavy atom. The number of carbonyl (C=O) groups is 1. The van der Waals surface area contributed by atoms with E-state index in [0.717, 1.165) is 24.3 Å². The van der Waals surface area contributed by atoms with Gasteiger partial charge in [-0.15, -0.1) is 0 Å². The number of hydrogen-bond donors (Lipinski definition) is 2. The number of allylic oxidation sites excluding steroid dienone is 2. The number of hydrazine groups is 1. The molecule has 0 saturated heterocycles. The minimum absolute atomic E-state index is 0.130. The lowest BCUT2D eigenvalue weighted by molar-refractivity contribution is 0.0938. The molecule has 0 fully saturated rings. The molecule has 102 valence electrons. The van der Waals surface area contributed by atoms with Crippen LogP contribution in [0.2, 0.25) is 0 Å². The number of rotatable bonds is 5. The third-order valence-corrected chi connectivity index (χ3v) is 3.06. The van der Waals surface area contributed by atoms with Crippen molar-refractivity contribution in [2.75, 3.05) is 6.61 Å². The molecule has 4 heteroatoms. The van der Waals surface area contributed by atoms with Crippen LogP contribution >= 0.6 is 0 Å². The number of carbonyl (C=O) groups excluding carboxylic acids is 1. The zero-order valence-electron chi connectivity index (χ0n) is 11.2. The Labute approximate surface area is 113 Å². The number of nitrogens with one attached hydrogen (secondary N) is 2. The summed E-state index contributed by atoms with van der Waals surface area (Å²) in [5.41, 5.74) is 7.43. The van der Waals surface area contributed by atoms with E-state index >= 15 is 0 Å². The number of hydrogen-bond acceptors (Lipinski definition) is 3. The molecular formula is C15H20N2O2. The van der Waals surface area contributed by atoms with Crippen LogP contribution in [-0.4, -0.2) is 12.5 Å². The highest BCUT2D eigenvalue weighted by molar-refractivity contribution is 5.94. The number of ether oxygens (including phenoxy) is 1. The van der Waals surface area contributed by atoms with Gasteiger partial charge in [-0.05, 0) is 56.9 Å². The van der Waals surface area contributed by atoms with Gasteiger partial charge in [0.15, 0.2) is 0 Å². The first-order chi connectivity index (χ1) is 9.29. The Bertz CT molecular complexity index is 452. The topological polar surface area (TPSA) is 50.4 Å². The van der Waals surface area contributed by atoms with Crippen LogP contribution in [0.4, 0.5) is 0 Å². The van der Waals surface area contributed by atoms with Crippen molar-refractivity contribution in [3.8, 4) is 5.75 Å². The predicted octanol–water partition coefficient (Wildman–Crippen LogP) is 2.78. The lowest BCUT2D eigenvalue weighted by Gasteiger charge is -2.15. The molecule has 0 heterocycles. The van der Waals surface area contributed by atoms with E-state index in [1.807, 2.05) is 6.92 Å². The van der Waals surface area contributed by atoms with Gasteiger partial charge in [0.2, 0.25) is 0 Å². The number of benzene rings is 1. The zero-order chi connectivity index (χ0) is 13.5. The van der Waals surface area contributed by atoms with Crippen LogP contribution in [0.25, 0.3) is 0 Å². The summed E-state index contributed by atoms with van der Waals surface area (Å²) >= 11 is 0. The second-order valence-electron chi connectivity index (χ2n) is 4.51. The molecule has 0 spiro atoms. The van der Waals surface area contributed by atoms with E-state index in [4.69, 9.17) is 4.74 Å². The summed E-state index contributed by atoms with van der Waals surface area (Å²) in [7, 11) is 0. The van der Waals surface area contributed by atoms with Gasteiger partial charge in [-0.2, -0.15) is 0 Å². The molecule has 0 unspecified atom stereocenters. The SMILES string of the molecule is CCOc1ccc(C(=O)NNC2=CCCCC2)cc1. The maximum Gasteiger partial charge on any atom is 0.269 e. The van der Waals surface area contributed by atoms with E-state index in [-0.39, 0.29) is 5.91 Å². The summed E-state index contributed by atoms with van der Waals surface area (Å²) in [6, 6.07) is 7.13. The lowest BCUT2D eigenvalue weighted by atomic mass is 10.1. The molecule has 1 amide bonds. The van der Waals surface area contributed by atoms with Gasteiger partial charge >= 0.3 is 0 Å². The minimum atomic E-state index is -0.130. The van der Waals surface area contributed by atoms with Gasteiger partial charge < -0.3 is 10.2 Å². The summed E-state index contributed by atoms with van der Waals surface area (Å²) < 4.78 is 5.34. The maximum atomic E-state index is 11.9. The van der Waals surface area contributed by atoms with Crippen LogP contribution in [-0.2, 0) is 0 Å². The Balaban J connectivity index is 1.86. The van der Waals surface area contributed by atoms with Gasteiger partial charge in [0.25, 0.3) is 5.91 Å². The van der Waals surface area contributed by atoms with Crippen molar-refractivity contribution in [1.29, 1.82) is 0 Å². The van der Waals surface area contributed by atoms with Gasteiger partial charge in [0, 0.05) is 11.3 Å². The van der Waals surface area contributed by atoms with Crippen molar-refractivity contribution in [3.63, 3.8) is 0 Å². The predicted molar refractivity (Wildman–Crippen MR) is 74.8 cm³/mol. The molecular weight excluding hydrogens is 240 g/mol. The smallest absolute Gasteiger partial charge is 0.269 e. The molecule has 2 rings (SSSR count). The van der Waals surface area contributed by atoms with E-state index in [9.17, 15) is 4.79 Å². The number of amides is 1. The third kappa shape index (κ3) is 4.02. The molecule has 0 radical (unpaired) electrons. The Kier molecular flexibility index (Phi) is 4.84. The average molecular weight is 260 g/mol.